The number of benzene rings is 2. The van der Waals surface area contributed by atoms with Gasteiger partial charge in [-0.05, 0) is 46.2 Å². The zero-order valence-corrected chi connectivity index (χ0v) is 8.64. The molecule has 1 heterocycles. The van der Waals surface area contributed by atoms with Gasteiger partial charge in [0.1, 0.15) is 0 Å². The van der Waals surface area contributed by atoms with E-state index in [1.807, 2.05) is 6.21 Å². The average Bonchev–Trinajstić information content (AvgIpc) is 2.88. The van der Waals surface area contributed by atoms with Gasteiger partial charge in [0.05, 0.1) is 5.69 Å². The summed E-state index contributed by atoms with van der Waals surface area (Å²) in [6, 6.07) is 12.9. The summed E-state index contributed by atoms with van der Waals surface area (Å²) in [6.45, 7) is 0. The molecule has 0 unspecified atom stereocenters. The molecule has 0 saturated carbocycles. The van der Waals surface area contributed by atoms with Crippen molar-refractivity contribution >= 4 is 24.1 Å². The Balaban J connectivity index is 2.15. The molecule has 1 heteroatoms. The fourth-order valence-corrected chi connectivity index (χ4v) is 2.45. The lowest BCUT2D eigenvalue weighted by atomic mass is 10.0. The largest absolute Gasteiger partial charge is 0.256 e. The van der Waals surface area contributed by atoms with E-state index in [-0.39, 0.29) is 0 Å². The minimum Gasteiger partial charge on any atom is -0.256 e. The third-order valence-electron chi connectivity index (χ3n) is 3.23. The maximum absolute atomic E-state index is 4.34. The Hall–Kier alpha value is -2.15. The van der Waals surface area contributed by atoms with E-state index in [0.717, 1.165) is 5.69 Å². The third kappa shape index (κ3) is 0.924. The second-order valence-corrected chi connectivity index (χ2v) is 4.17. The maximum Gasteiger partial charge on any atom is 0.0708 e. The van der Waals surface area contributed by atoms with E-state index >= 15 is 0 Å². The summed E-state index contributed by atoms with van der Waals surface area (Å²) in [6.07, 6.45) is 6.17. The van der Waals surface area contributed by atoms with Crippen LogP contribution in [0, 0.1) is 0 Å². The smallest absolute Gasteiger partial charge is 0.0708 e. The molecule has 0 spiro atoms. The fourth-order valence-electron chi connectivity index (χ4n) is 2.45. The van der Waals surface area contributed by atoms with Crippen LogP contribution in [-0.2, 0) is 0 Å². The normalized spacial score (nSPS) is 13.8. The second-order valence-electron chi connectivity index (χ2n) is 4.17. The van der Waals surface area contributed by atoms with Crippen LogP contribution in [0.1, 0.15) is 5.56 Å². The van der Waals surface area contributed by atoms with Crippen LogP contribution in [0.25, 0.3) is 23.3 Å². The molecule has 0 bridgehead atoms. The molecule has 0 aromatic heterocycles. The Bertz CT molecular complexity index is 751. The van der Waals surface area contributed by atoms with Crippen molar-refractivity contribution in [3.05, 3.63) is 52.4 Å². The van der Waals surface area contributed by atoms with Gasteiger partial charge in [-0.1, -0.05) is 24.3 Å². The number of hydrogen-bond acceptors (Lipinski definition) is 1. The zero-order chi connectivity index (χ0) is 10.5. The van der Waals surface area contributed by atoms with Gasteiger partial charge in [-0.3, -0.25) is 4.99 Å². The van der Waals surface area contributed by atoms with E-state index in [0.29, 0.717) is 0 Å². The van der Waals surface area contributed by atoms with Crippen LogP contribution in [0.3, 0.4) is 0 Å². The first kappa shape index (κ1) is 8.05. The lowest BCUT2D eigenvalue weighted by Gasteiger charge is -2.00. The Morgan fingerprint density at radius 3 is 2.81 bits per heavy atom. The maximum atomic E-state index is 4.34. The van der Waals surface area contributed by atoms with Gasteiger partial charge in [-0.2, -0.15) is 0 Å². The van der Waals surface area contributed by atoms with Crippen molar-refractivity contribution in [2.75, 3.05) is 0 Å². The fraction of sp³-hybridized carbons (Fsp3) is 0. The first-order chi connectivity index (χ1) is 7.92. The Morgan fingerprint density at radius 1 is 0.875 bits per heavy atom. The van der Waals surface area contributed by atoms with Gasteiger partial charge in [0, 0.05) is 11.4 Å². The highest BCUT2D eigenvalue weighted by atomic mass is 14.7. The molecule has 0 atom stereocenters. The number of aliphatic imine (C=N–C) groups is 1. The van der Waals surface area contributed by atoms with E-state index in [4.69, 9.17) is 0 Å². The molecule has 1 nitrogen and oxygen atoms in total. The SMILES string of the molecule is C1=Nc2cc3c(cc2=C1)-c1ccccc1C=3. The van der Waals surface area contributed by atoms with Gasteiger partial charge in [0.2, 0.25) is 0 Å². The molecule has 16 heavy (non-hydrogen) atoms. The Labute approximate surface area is 93.1 Å². The predicted octanol–water partition coefficient (Wildman–Crippen LogP) is 1.99. The highest BCUT2D eigenvalue weighted by Gasteiger charge is 2.12. The van der Waals surface area contributed by atoms with Crippen molar-refractivity contribution in [2.24, 2.45) is 4.99 Å². The van der Waals surface area contributed by atoms with Crippen molar-refractivity contribution < 1.29 is 0 Å². The summed E-state index contributed by atoms with van der Waals surface area (Å²) in [7, 11) is 0. The zero-order valence-electron chi connectivity index (χ0n) is 8.64. The molecule has 1 aliphatic heterocycles. The van der Waals surface area contributed by atoms with E-state index in [9.17, 15) is 0 Å². The first-order valence-electron chi connectivity index (χ1n) is 5.41. The molecular weight excluding hydrogens is 194 g/mol. The first-order valence-corrected chi connectivity index (χ1v) is 5.41. The van der Waals surface area contributed by atoms with Crippen LogP contribution in [0.2, 0.25) is 0 Å². The summed E-state index contributed by atoms with van der Waals surface area (Å²) >= 11 is 0. The van der Waals surface area contributed by atoms with Crippen LogP contribution in [0.15, 0.2) is 41.4 Å². The summed E-state index contributed by atoms with van der Waals surface area (Å²) in [5.74, 6) is 0. The predicted molar refractivity (Wildman–Crippen MR) is 67.3 cm³/mol. The van der Waals surface area contributed by atoms with Gasteiger partial charge in [0.15, 0.2) is 0 Å². The molecule has 1 aliphatic carbocycles. The van der Waals surface area contributed by atoms with Crippen LogP contribution in [-0.4, -0.2) is 6.21 Å². The third-order valence-corrected chi connectivity index (χ3v) is 3.23. The molecule has 2 aliphatic rings. The lowest BCUT2D eigenvalue weighted by molar-refractivity contribution is 1.49. The number of hydrogen-bond donors (Lipinski definition) is 0. The molecule has 0 N–H and O–H groups in total. The lowest BCUT2D eigenvalue weighted by Crippen LogP contribution is -2.08. The second kappa shape index (κ2) is 2.70. The van der Waals surface area contributed by atoms with Gasteiger partial charge in [0.25, 0.3) is 0 Å². The molecule has 0 fully saturated rings. The van der Waals surface area contributed by atoms with Crippen molar-refractivity contribution in [1.29, 1.82) is 0 Å². The van der Waals surface area contributed by atoms with Crippen LogP contribution in [0.4, 0.5) is 5.69 Å². The summed E-state index contributed by atoms with van der Waals surface area (Å²) in [5.41, 5.74) is 5.06. The van der Waals surface area contributed by atoms with Gasteiger partial charge in [-0.15, -0.1) is 0 Å². The van der Waals surface area contributed by atoms with Crippen LogP contribution in [0.5, 0.6) is 0 Å². The van der Waals surface area contributed by atoms with Crippen LogP contribution < -0.4 is 10.4 Å². The van der Waals surface area contributed by atoms with Gasteiger partial charge < -0.3 is 0 Å². The monoisotopic (exact) mass is 203 g/mol. The molecule has 74 valence electrons. The quantitative estimate of drug-likeness (QED) is 0.530. The molecule has 2 aromatic carbocycles. The minimum absolute atomic E-state index is 1.09. The Kier molecular flexibility index (Phi) is 1.36. The molecular formula is C15H9N. The number of fused-ring (bicyclic) bond motifs is 4. The van der Waals surface area contributed by atoms with E-state index in [1.165, 1.54) is 27.1 Å². The van der Waals surface area contributed by atoms with Crippen molar-refractivity contribution in [3.63, 3.8) is 0 Å². The van der Waals surface area contributed by atoms with Gasteiger partial charge in [-0.25, -0.2) is 0 Å². The van der Waals surface area contributed by atoms with E-state index < -0.39 is 0 Å². The molecule has 2 aromatic rings. The van der Waals surface area contributed by atoms with Crippen molar-refractivity contribution in [2.45, 2.75) is 0 Å². The van der Waals surface area contributed by atoms with Crippen molar-refractivity contribution in [3.8, 4) is 11.1 Å². The highest BCUT2D eigenvalue weighted by molar-refractivity contribution is 5.98. The summed E-state index contributed by atoms with van der Waals surface area (Å²) in [5, 5.41) is 2.51. The minimum atomic E-state index is 1.09. The van der Waals surface area contributed by atoms with Crippen molar-refractivity contribution in [1.82, 2.24) is 0 Å². The number of nitrogens with zero attached hydrogens (tertiary/aromatic N) is 1. The average molecular weight is 203 g/mol. The van der Waals surface area contributed by atoms with Crippen LogP contribution >= 0.6 is 0 Å². The highest BCUT2D eigenvalue weighted by Crippen LogP contribution is 2.26. The number of rotatable bonds is 0. The topological polar surface area (TPSA) is 12.4 Å². The molecule has 0 saturated heterocycles. The Morgan fingerprint density at radius 2 is 1.81 bits per heavy atom. The molecule has 0 radical (unpaired) electrons. The van der Waals surface area contributed by atoms with E-state index in [1.54, 1.807) is 0 Å². The summed E-state index contributed by atoms with van der Waals surface area (Å²) in [4.78, 5) is 4.34. The molecule has 4 rings (SSSR count). The van der Waals surface area contributed by atoms with E-state index in [2.05, 4.69) is 53.5 Å². The molecule has 0 amide bonds. The van der Waals surface area contributed by atoms with Gasteiger partial charge >= 0.3 is 0 Å². The summed E-state index contributed by atoms with van der Waals surface area (Å²) < 4.78 is 0. The standard InChI is InChI=1S/C15H9N/c1-2-4-13-10(3-1)7-12-9-15-11(5-6-16-15)8-14(12)13/h1-9H.